The molecule has 1 saturated heterocycles. The molecule has 1 aliphatic carbocycles. The normalized spacial score (nSPS) is 27.5. The average molecular weight is 247 g/mol. The number of hydrogen-bond donors (Lipinski definition) is 0. The number of benzene rings is 1. The Morgan fingerprint density at radius 1 is 1.00 bits per heavy atom. The summed E-state index contributed by atoms with van der Waals surface area (Å²) in [6.45, 7) is 0. The fourth-order valence-corrected chi connectivity index (χ4v) is 3.03. The van der Waals surface area contributed by atoms with E-state index in [1.54, 1.807) is 12.1 Å². The topological polar surface area (TPSA) is 37.4 Å². The Balaban J connectivity index is 2.00. The molecule has 3 nitrogen and oxygen atoms in total. The van der Waals surface area contributed by atoms with E-state index in [-0.39, 0.29) is 29.3 Å². The maximum absolute atomic E-state index is 13.7. The number of carbonyl (C=O) groups excluding carboxylic acids is 2. The van der Waals surface area contributed by atoms with Crippen LogP contribution in [0.4, 0.5) is 10.1 Å². The zero-order chi connectivity index (χ0) is 12.7. The van der Waals surface area contributed by atoms with Gasteiger partial charge in [-0.3, -0.25) is 9.59 Å². The maximum Gasteiger partial charge on any atom is 0.237 e. The second-order valence-electron chi connectivity index (χ2n) is 4.96. The molecular weight excluding hydrogens is 233 g/mol. The second kappa shape index (κ2) is 4.19. The molecule has 2 aliphatic rings. The number of carbonyl (C=O) groups is 2. The highest BCUT2D eigenvalue weighted by Crippen LogP contribution is 2.40. The number of anilines is 1. The van der Waals surface area contributed by atoms with E-state index in [0.29, 0.717) is 0 Å². The van der Waals surface area contributed by atoms with Crippen molar-refractivity contribution in [2.24, 2.45) is 11.8 Å². The lowest BCUT2D eigenvalue weighted by atomic mass is 9.81. The van der Waals surface area contributed by atoms with Gasteiger partial charge >= 0.3 is 0 Å². The molecule has 1 saturated carbocycles. The predicted octanol–water partition coefficient (Wildman–Crippen LogP) is 2.51. The van der Waals surface area contributed by atoms with Gasteiger partial charge in [0.15, 0.2) is 0 Å². The van der Waals surface area contributed by atoms with Gasteiger partial charge in [-0.15, -0.1) is 0 Å². The Morgan fingerprint density at radius 3 is 2.11 bits per heavy atom. The molecule has 1 aromatic rings. The molecule has 1 aromatic carbocycles. The fourth-order valence-electron chi connectivity index (χ4n) is 3.03. The number of imide groups is 1. The lowest BCUT2D eigenvalue weighted by Gasteiger charge is -2.19. The van der Waals surface area contributed by atoms with Crippen LogP contribution in [0, 0.1) is 17.7 Å². The van der Waals surface area contributed by atoms with Crippen LogP contribution in [-0.2, 0) is 9.59 Å². The Kier molecular flexibility index (Phi) is 2.65. The number of hydrogen-bond acceptors (Lipinski definition) is 2. The minimum absolute atomic E-state index is 0.0990. The number of nitrogens with zero attached hydrogens (tertiary/aromatic N) is 1. The Morgan fingerprint density at radius 2 is 1.56 bits per heavy atom. The molecule has 2 amide bonds. The van der Waals surface area contributed by atoms with Crippen molar-refractivity contribution in [1.82, 2.24) is 0 Å². The fraction of sp³-hybridized carbons (Fsp3) is 0.429. The van der Waals surface area contributed by atoms with E-state index < -0.39 is 5.82 Å². The Labute approximate surface area is 105 Å². The van der Waals surface area contributed by atoms with Crippen molar-refractivity contribution in [2.45, 2.75) is 25.7 Å². The summed E-state index contributed by atoms with van der Waals surface area (Å²) >= 11 is 0. The number of halogens is 1. The molecule has 0 bridgehead atoms. The van der Waals surface area contributed by atoms with Crippen LogP contribution in [0.3, 0.4) is 0 Å². The van der Waals surface area contributed by atoms with Crippen LogP contribution in [0.2, 0.25) is 0 Å². The van der Waals surface area contributed by atoms with E-state index in [1.807, 2.05) is 0 Å². The van der Waals surface area contributed by atoms with Crippen LogP contribution in [-0.4, -0.2) is 11.8 Å². The summed E-state index contributed by atoms with van der Waals surface area (Å²) in [5, 5.41) is 0. The van der Waals surface area contributed by atoms with Crippen molar-refractivity contribution >= 4 is 17.5 Å². The largest absolute Gasteiger partial charge is 0.274 e. The molecule has 0 aromatic heterocycles. The van der Waals surface area contributed by atoms with E-state index in [0.717, 1.165) is 30.6 Å². The third-order valence-corrected chi connectivity index (χ3v) is 3.93. The average Bonchev–Trinajstić information content (AvgIpc) is 2.64. The highest BCUT2D eigenvalue weighted by Gasteiger charge is 2.49. The van der Waals surface area contributed by atoms with Gasteiger partial charge in [0.25, 0.3) is 0 Å². The van der Waals surface area contributed by atoms with Crippen molar-refractivity contribution < 1.29 is 14.0 Å². The minimum atomic E-state index is -0.516. The van der Waals surface area contributed by atoms with E-state index in [2.05, 4.69) is 0 Å². The minimum Gasteiger partial charge on any atom is -0.274 e. The molecule has 2 fully saturated rings. The Bertz CT molecular complexity index is 490. The van der Waals surface area contributed by atoms with Crippen molar-refractivity contribution in [1.29, 1.82) is 0 Å². The van der Waals surface area contributed by atoms with Gasteiger partial charge in [0, 0.05) is 0 Å². The molecule has 4 heteroatoms. The first-order valence-corrected chi connectivity index (χ1v) is 6.32. The van der Waals surface area contributed by atoms with Gasteiger partial charge in [-0.2, -0.15) is 0 Å². The van der Waals surface area contributed by atoms with E-state index in [4.69, 9.17) is 0 Å². The predicted molar refractivity (Wildman–Crippen MR) is 64.3 cm³/mol. The number of rotatable bonds is 1. The molecule has 94 valence electrons. The highest BCUT2D eigenvalue weighted by atomic mass is 19.1. The number of para-hydroxylation sites is 1. The summed E-state index contributed by atoms with van der Waals surface area (Å²) in [5.41, 5.74) is 0.0990. The molecule has 18 heavy (non-hydrogen) atoms. The smallest absolute Gasteiger partial charge is 0.237 e. The molecule has 1 heterocycles. The molecular formula is C14H14FNO2. The zero-order valence-electron chi connectivity index (χ0n) is 9.93. The summed E-state index contributed by atoms with van der Waals surface area (Å²) < 4.78 is 13.7. The standard InChI is InChI=1S/C14H14FNO2/c15-11-7-3-4-8-12(11)16-13(17)9-5-1-2-6-10(9)14(16)18/h3-4,7-10H,1-2,5-6H2/t9-,10-/m0/s1. The lowest BCUT2D eigenvalue weighted by Crippen LogP contribution is -2.31. The summed E-state index contributed by atoms with van der Waals surface area (Å²) in [7, 11) is 0. The van der Waals surface area contributed by atoms with Crippen LogP contribution in [0.25, 0.3) is 0 Å². The van der Waals surface area contributed by atoms with Gasteiger partial charge in [-0.1, -0.05) is 25.0 Å². The highest BCUT2D eigenvalue weighted by molar-refractivity contribution is 6.22. The first-order chi connectivity index (χ1) is 8.70. The van der Waals surface area contributed by atoms with Crippen molar-refractivity contribution in [3.8, 4) is 0 Å². The second-order valence-corrected chi connectivity index (χ2v) is 4.96. The zero-order valence-corrected chi connectivity index (χ0v) is 9.93. The first-order valence-electron chi connectivity index (χ1n) is 6.32. The summed E-state index contributed by atoms with van der Waals surface area (Å²) in [6.07, 6.45) is 3.46. The van der Waals surface area contributed by atoms with Crippen molar-refractivity contribution in [3.05, 3.63) is 30.1 Å². The summed E-state index contributed by atoms with van der Waals surface area (Å²) in [5.74, 6) is -1.43. The molecule has 0 spiro atoms. The van der Waals surface area contributed by atoms with E-state index in [1.165, 1.54) is 12.1 Å². The quantitative estimate of drug-likeness (QED) is 0.715. The lowest BCUT2D eigenvalue weighted by molar-refractivity contribution is -0.122. The Hall–Kier alpha value is -1.71. The van der Waals surface area contributed by atoms with Gasteiger partial charge in [-0.05, 0) is 25.0 Å². The van der Waals surface area contributed by atoms with Gasteiger partial charge in [0.1, 0.15) is 5.82 Å². The summed E-state index contributed by atoms with van der Waals surface area (Å²) in [6, 6.07) is 5.96. The number of amides is 2. The third kappa shape index (κ3) is 1.55. The summed E-state index contributed by atoms with van der Waals surface area (Å²) in [4.78, 5) is 25.5. The number of fused-ring (bicyclic) bond motifs is 1. The SMILES string of the molecule is O=C1[C@H]2CCCC[C@@H]2C(=O)N1c1ccccc1F. The molecule has 2 atom stereocenters. The molecule has 0 N–H and O–H groups in total. The monoisotopic (exact) mass is 247 g/mol. The van der Waals surface area contributed by atoms with Gasteiger partial charge in [0.2, 0.25) is 11.8 Å². The van der Waals surface area contributed by atoms with Crippen molar-refractivity contribution in [2.75, 3.05) is 4.90 Å². The van der Waals surface area contributed by atoms with Gasteiger partial charge in [-0.25, -0.2) is 9.29 Å². The van der Waals surface area contributed by atoms with Crippen LogP contribution in [0.1, 0.15) is 25.7 Å². The van der Waals surface area contributed by atoms with Crippen LogP contribution < -0.4 is 4.90 Å². The third-order valence-electron chi connectivity index (χ3n) is 3.93. The molecule has 3 rings (SSSR count). The van der Waals surface area contributed by atoms with E-state index in [9.17, 15) is 14.0 Å². The van der Waals surface area contributed by atoms with E-state index >= 15 is 0 Å². The first kappa shape index (κ1) is 11.4. The van der Waals surface area contributed by atoms with Crippen LogP contribution in [0.5, 0.6) is 0 Å². The molecule has 0 unspecified atom stereocenters. The molecule has 1 aliphatic heterocycles. The molecule has 0 radical (unpaired) electrons. The van der Waals surface area contributed by atoms with Gasteiger partial charge < -0.3 is 0 Å². The maximum atomic E-state index is 13.7. The van der Waals surface area contributed by atoms with Gasteiger partial charge in [0.05, 0.1) is 17.5 Å². The van der Waals surface area contributed by atoms with Crippen LogP contribution in [0.15, 0.2) is 24.3 Å². The van der Waals surface area contributed by atoms with Crippen LogP contribution >= 0.6 is 0 Å². The van der Waals surface area contributed by atoms with Crippen molar-refractivity contribution in [3.63, 3.8) is 0 Å².